The number of benzene rings is 1. The Balaban J connectivity index is 2.32. The van der Waals surface area contributed by atoms with Gasteiger partial charge in [-0.1, -0.05) is 42.5 Å². The van der Waals surface area contributed by atoms with E-state index in [4.69, 9.17) is 15.2 Å². The van der Waals surface area contributed by atoms with Crippen molar-refractivity contribution in [1.82, 2.24) is 0 Å². The first kappa shape index (κ1) is 15.4. The molecule has 4 nitrogen and oxygen atoms in total. The van der Waals surface area contributed by atoms with E-state index < -0.39 is 5.91 Å². The van der Waals surface area contributed by atoms with E-state index in [-0.39, 0.29) is 12.7 Å². The molecule has 19 heavy (non-hydrogen) atoms. The van der Waals surface area contributed by atoms with Gasteiger partial charge in [0, 0.05) is 0 Å². The number of nitrogens with two attached hydrogens (primary N) is 1. The Kier molecular flexibility index (Phi) is 7.54. The standard InChI is InChI=1S/C15H21NO3/c1-2-3-9-14(19-12-15(16)17)11-18-10-13-7-5-4-6-8-13/h2-8,14H,9-12H2,1H3,(H2,16,17)/t14-/m1/s1. The van der Waals surface area contributed by atoms with Gasteiger partial charge in [-0.05, 0) is 18.9 Å². The number of primary amides is 1. The van der Waals surface area contributed by atoms with E-state index in [0.717, 1.165) is 5.56 Å². The Morgan fingerprint density at radius 1 is 1.37 bits per heavy atom. The maximum absolute atomic E-state index is 10.7. The van der Waals surface area contributed by atoms with Gasteiger partial charge in [-0.2, -0.15) is 0 Å². The molecule has 0 saturated carbocycles. The summed E-state index contributed by atoms with van der Waals surface area (Å²) in [5.41, 5.74) is 6.18. The molecule has 104 valence electrons. The van der Waals surface area contributed by atoms with Crippen LogP contribution in [0, 0.1) is 0 Å². The molecule has 0 aliphatic rings. The number of hydrogen-bond acceptors (Lipinski definition) is 3. The molecule has 1 aromatic rings. The molecule has 0 unspecified atom stereocenters. The van der Waals surface area contributed by atoms with Crippen molar-refractivity contribution in [3.63, 3.8) is 0 Å². The number of rotatable bonds is 9. The smallest absolute Gasteiger partial charge is 0.243 e. The Hall–Kier alpha value is -1.65. The molecule has 0 aliphatic carbocycles. The van der Waals surface area contributed by atoms with Crippen molar-refractivity contribution in [2.45, 2.75) is 26.1 Å². The summed E-state index contributed by atoms with van der Waals surface area (Å²) in [5, 5.41) is 0. The summed E-state index contributed by atoms with van der Waals surface area (Å²) in [6.07, 6.45) is 4.49. The van der Waals surface area contributed by atoms with Crippen molar-refractivity contribution in [3.05, 3.63) is 48.0 Å². The maximum atomic E-state index is 10.7. The number of hydrogen-bond donors (Lipinski definition) is 1. The van der Waals surface area contributed by atoms with Gasteiger partial charge in [0.2, 0.25) is 5.91 Å². The first-order valence-corrected chi connectivity index (χ1v) is 6.35. The van der Waals surface area contributed by atoms with Crippen LogP contribution in [0.25, 0.3) is 0 Å². The predicted octanol–water partition coefficient (Wildman–Crippen LogP) is 2.04. The van der Waals surface area contributed by atoms with Gasteiger partial charge in [-0.3, -0.25) is 4.79 Å². The second-order valence-corrected chi connectivity index (χ2v) is 4.20. The van der Waals surface area contributed by atoms with Crippen LogP contribution in [0.1, 0.15) is 18.9 Å². The third-order valence-corrected chi connectivity index (χ3v) is 2.51. The topological polar surface area (TPSA) is 61.6 Å². The van der Waals surface area contributed by atoms with Gasteiger partial charge in [-0.25, -0.2) is 0 Å². The third kappa shape index (κ3) is 7.39. The molecule has 0 heterocycles. The van der Waals surface area contributed by atoms with Gasteiger partial charge in [0.1, 0.15) is 6.61 Å². The van der Waals surface area contributed by atoms with Crippen molar-refractivity contribution >= 4 is 5.91 Å². The summed E-state index contributed by atoms with van der Waals surface area (Å²) in [5.74, 6) is -0.464. The molecular formula is C15H21NO3. The van der Waals surface area contributed by atoms with Crippen LogP contribution < -0.4 is 5.73 Å². The number of allylic oxidation sites excluding steroid dienone is 1. The Bertz CT molecular complexity index is 390. The first-order chi connectivity index (χ1) is 9.22. The second-order valence-electron chi connectivity index (χ2n) is 4.20. The summed E-state index contributed by atoms with van der Waals surface area (Å²) < 4.78 is 11.0. The van der Waals surface area contributed by atoms with Crippen LogP contribution in [0.2, 0.25) is 0 Å². The van der Waals surface area contributed by atoms with Crippen LogP contribution >= 0.6 is 0 Å². The zero-order chi connectivity index (χ0) is 13.9. The van der Waals surface area contributed by atoms with E-state index in [2.05, 4.69) is 0 Å². The SMILES string of the molecule is CC=CC[C@H](COCc1ccccc1)OCC(N)=O. The monoisotopic (exact) mass is 263 g/mol. The molecule has 1 aromatic carbocycles. The van der Waals surface area contributed by atoms with Gasteiger partial charge < -0.3 is 15.2 Å². The van der Waals surface area contributed by atoms with Crippen molar-refractivity contribution in [1.29, 1.82) is 0 Å². The van der Waals surface area contributed by atoms with Crippen molar-refractivity contribution < 1.29 is 14.3 Å². The lowest BCUT2D eigenvalue weighted by atomic mass is 10.2. The van der Waals surface area contributed by atoms with Crippen LogP contribution in [-0.2, 0) is 20.9 Å². The normalized spacial score (nSPS) is 12.7. The number of carbonyl (C=O) groups excluding carboxylic acids is 1. The van der Waals surface area contributed by atoms with Crippen LogP contribution in [0.5, 0.6) is 0 Å². The van der Waals surface area contributed by atoms with Gasteiger partial charge in [0.25, 0.3) is 0 Å². The number of carbonyl (C=O) groups is 1. The fraction of sp³-hybridized carbons (Fsp3) is 0.400. The lowest BCUT2D eigenvalue weighted by Crippen LogP contribution is -2.26. The molecule has 1 rings (SSSR count). The van der Waals surface area contributed by atoms with Gasteiger partial charge >= 0.3 is 0 Å². The van der Waals surface area contributed by atoms with E-state index in [0.29, 0.717) is 19.6 Å². The summed E-state index contributed by atoms with van der Waals surface area (Å²) >= 11 is 0. The molecule has 0 aromatic heterocycles. The van der Waals surface area contributed by atoms with Crippen molar-refractivity contribution in [2.24, 2.45) is 5.73 Å². The predicted molar refractivity (Wildman–Crippen MR) is 74.5 cm³/mol. The molecule has 2 N–H and O–H groups in total. The van der Waals surface area contributed by atoms with Gasteiger partial charge in [0.15, 0.2) is 0 Å². The van der Waals surface area contributed by atoms with Crippen molar-refractivity contribution in [2.75, 3.05) is 13.2 Å². The summed E-state index contributed by atoms with van der Waals surface area (Å²) in [4.78, 5) is 10.7. The second kappa shape index (κ2) is 9.30. The minimum atomic E-state index is -0.464. The molecule has 1 amide bonds. The Labute approximate surface area is 114 Å². The number of amides is 1. The highest BCUT2D eigenvalue weighted by atomic mass is 16.5. The average Bonchev–Trinajstić information content (AvgIpc) is 2.42. The summed E-state index contributed by atoms with van der Waals surface area (Å²) in [6, 6.07) is 9.92. The van der Waals surface area contributed by atoms with E-state index in [1.165, 1.54) is 0 Å². The van der Waals surface area contributed by atoms with Crippen LogP contribution in [0.3, 0.4) is 0 Å². The molecule has 0 spiro atoms. The fourth-order valence-electron chi connectivity index (χ4n) is 1.55. The summed E-state index contributed by atoms with van der Waals surface area (Å²) in [6.45, 7) is 2.84. The molecular weight excluding hydrogens is 242 g/mol. The van der Waals surface area contributed by atoms with Gasteiger partial charge in [0.05, 0.1) is 19.3 Å². The Morgan fingerprint density at radius 2 is 2.11 bits per heavy atom. The lowest BCUT2D eigenvalue weighted by molar-refractivity contribution is -0.126. The summed E-state index contributed by atoms with van der Waals surface area (Å²) in [7, 11) is 0. The lowest BCUT2D eigenvalue weighted by Gasteiger charge is -2.15. The highest BCUT2D eigenvalue weighted by molar-refractivity contribution is 5.75. The first-order valence-electron chi connectivity index (χ1n) is 6.35. The fourth-order valence-corrected chi connectivity index (χ4v) is 1.55. The van der Waals surface area contributed by atoms with Crippen LogP contribution in [0.15, 0.2) is 42.5 Å². The maximum Gasteiger partial charge on any atom is 0.243 e. The highest BCUT2D eigenvalue weighted by Crippen LogP contribution is 2.05. The molecule has 0 fully saturated rings. The Morgan fingerprint density at radius 3 is 2.74 bits per heavy atom. The molecule has 0 aliphatic heterocycles. The molecule has 4 heteroatoms. The zero-order valence-electron chi connectivity index (χ0n) is 11.2. The van der Waals surface area contributed by atoms with E-state index in [1.807, 2.05) is 49.4 Å². The largest absolute Gasteiger partial charge is 0.374 e. The highest BCUT2D eigenvalue weighted by Gasteiger charge is 2.09. The van der Waals surface area contributed by atoms with Gasteiger partial charge in [-0.15, -0.1) is 0 Å². The average molecular weight is 263 g/mol. The minimum absolute atomic E-state index is 0.0725. The third-order valence-electron chi connectivity index (χ3n) is 2.51. The molecule has 0 bridgehead atoms. The van der Waals surface area contributed by atoms with Crippen molar-refractivity contribution in [3.8, 4) is 0 Å². The van der Waals surface area contributed by atoms with E-state index in [9.17, 15) is 4.79 Å². The molecule has 1 atom stereocenters. The number of ether oxygens (including phenoxy) is 2. The van der Waals surface area contributed by atoms with Crippen LogP contribution in [-0.4, -0.2) is 25.2 Å². The van der Waals surface area contributed by atoms with E-state index in [1.54, 1.807) is 0 Å². The zero-order valence-corrected chi connectivity index (χ0v) is 11.2. The van der Waals surface area contributed by atoms with Crippen LogP contribution in [0.4, 0.5) is 0 Å². The quantitative estimate of drug-likeness (QED) is 0.693. The minimum Gasteiger partial charge on any atom is -0.374 e. The molecule has 0 saturated heterocycles. The molecule has 0 radical (unpaired) electrons. The van der Waals surface area contributed by atoms with E-state index >= 15 is 0 Å².